The topological polar surface area (TPSA) is 36.9 Å². The van der Waals surface area contributed by atoms with Gasteiger partial charge in [0, 0.05) is 18.4 Å². The molecule has 0 aromatic heterocycles. The summed E-state index contributed by atoms with van der Waals surface area (Å²) in [4.78, 5) is 0. The normalized spacial score (nSPS) is 31.4. The van der Waals surface area contributed by atoms with E-state index in [1.165, 1.54) is 5.56 Å². The molecule has 1 fully saturated rings. The van der Waals surface area contributed by atoms with E-state index < -0.39 is 0 Å². The maximum Gasteiger partial charge on any atom is 0.123 e. The fraction of sp³-hybridized carbons (Fsp3) is 0.625. The Bertz CT molecular complexity index is 415. The van der Waals surface area contributed by atoms with E-state index in [0.717, 1.165) is 38.8 Å². The Balaban J connectivity index is 2.34. The summed E-state index contributed by atoms with van der Waals surface area (Å²) < 4.78 is 19.1. The van der Waals surface area contributed by atoms with E-state index in [9.17, 15) is 4.39 Å². The van der Waals surface area contributed by atoms with Crippen LogP contribution in [0.2, 0.25) is 0 Å². The number of hydrogen-bond donors (Lipinski definition) is 1. The average molecular weight is 266 g/mol. The van der Waals surface area contributed by atoms with E-state index in [2.05, 4.69) is 19.6 Å². The van der Waals surface area contributed by atoms with Crippen LogP contribution in [-0.2, 0) is 10.2 Å². The summed E-state index contributed by atoms with van der Waals surface area (Å²) >= 11 is 0. The van der Waals surface area contributed by atoms with Crippen molar-refractivity contribution in [2.45, 2.75) is 50.5 Å². The summed E-state index contributed by atoms with van der Waals surface area (Å²) in [6.07, 6.45) is 4.05. The third kappa shape index (κ3) is 2.98. The lowest BCUT2D eigenvalue weighted by Crippen LogP contribution is -2.55. The second-order valence-corrected chi connectivity index (χ2v) is 5.97. The number of benzene rings is 1. The first kappa shape index (κ1) is 14.5. The van der Waals surface area contributed by atoms with Gasteiger partial charge in [-0.2, -0.15) is 0 Å². The molecule has 1 aliphatic rings. The van der Waals surface area contributed by atoms with E-state index in [1.807, 2.05) is 12.1 Å². The van der Waals surface area contributed by atoms with Gasteiger partial charge in [-0.05, 0) is 43.9 Å². The van der Waals surface area contributed by atoms with Gasteiger partial charge >= 0.3 is 0 Å². The molecule has 1 aromatic rings. The molecule has 3 heteroatoms. The van der Waals surface area contributed by atoms with Gasteiger partial charge in [-0.1, -0.05) is 19.1 Å². The Kier molecular flexibility index (Phi) is 4.26. The maximum absolute atomic E-state index is 13.1. The molecule has 0 radical (unpaired) electrons. The lowest BCUT2D eigenvalue weighted by atomic mass is 9.66. The van der Waals surface area contributed by atoms with E-state index >= 15 is 0 Å². The number of rotatable bonds is 4. The summed E-state index contributed by atoms with van der Waals surface area (Å²) in [6.45, 7) is 6.04. The van der Waals surface area contributed by atoms with Crippen molar-refractivity contribution < 1.29 is 14.9 Å². The molecule has 19 heavy (non-hydrogen) atoms. The minimum atomic E-state index is -0.168. The van der Waals surface area contributed by atoms with Gasteiger partial charge in [0.1, 0.15) is 5.82 Å². The summed E-state index contributed by atoms with van der Waals surface area (Å²) in [5, 5.41) is 0. The van der Waals surface area contributed by atoms with Gasteiger partial charge in [-0.25, -0.2) is 4.39 Å². The smallest absolute Gasteiger partial charge is 0.123 e. The van der Waals surface area contributed by atoms with E-state index in [4.69, 9.17) is 4.74 Å². The van der Waals surface area contributed by atoms with Gasteiger partial charge in [0.05, 0.1) is 12.1 Å². The second-order valence-electron chi connectivity index (χ2n) is 5.97. The van der Waals surface area contributed by atoms with E-state index in [0.29, 0.717) is 0 Å². The summed E-state index contributed by atoms with van der Waals surface area (Å²) in [7, 11) is 0. The van der Waals surface area contributed by atoms with Gasteiger partial charge in [-0.3, -0.25) is 0 Å². The molecule has 1 aliphatic heterocycles. The first-order valence-corrected chi connectivity index (χ1v) is 7.23. The molecule has 1 heterocycles. The summed E-state index contributed by atoms with van der Waals surface area (Å²) in [5.74, 6) is -0.168. The van der Waals surface area contributed by atoms with Gasteiger partial charge in [0.25, 0.3) is 0 Å². The largest absolute Gasteiger partial charge is 0.375 e. The highest BCUT2D eigenvalue weighted by atomic mass is 19.1. The van der Waals surface area contributed by atoms with Crippen LogP contribution in [0.4, 0.5) is 4.39 Å². The fourth-order valence-electron chi connectivity index (χ4n) is 3.32. The van der Waals surface area contributed by atoms with Gasteiger partial charge in [0.15, 0.2) is 0 Å². The Hall–Kier alpha value is -0.930. The van der Waals surface area contributed by atoms with E-state index in [-0.39, 0.29) is 16.8 Å². The standard InChI is InChI=1S/C16H24FNO/c1-3-15(2)12-16(8-10-18,9-11-19-15)13-4-6-14(17)7-5-13/h4-7H,3,8-12,18H2,1-2H3/p+1/t15-,16+/m0/s1. The number of halogens is 1. The highest BCUT2D eigenvalue weighted by Crippen LogP contribution is 2.44. The van der Waals surface area contributed by atoms with Crippen LogP contribution in [0.1, 0.15) is 45.1 Å². The molecule has 106 valence electrons. The molecule has 1 saturated heterocycles. The monoisotopic (exact) mass is 266 g/mol. The van der Waals surface area contributed by atoms with Crippen molar-refractivity contribution in [3.05, 3.63) is 35.6 Å². The average Bonchev–Trinajstić information content (AvgIpc) is 2.40. The van der Waals surface area contributed by atoms with Crippen LogP contribution in [-0.4, -0.2) is 18.8 Å². The zero-order valence-electron chi connectivity index (χ0n) is 12.0. The van der Waals surface area contributed by atoms with Crippen LogP contribution in [0.15, 0.2) is 24.3 Å². The van der Waals surface area contributed by atoms with Crippen molar-refractivity contribution in [1.82, 2.24) is 0 Å². The van der Waals surface area contributed by atoms with Crippen molar-refractivity contribution in [2.75, 3.05) is 13.2 Å². The van der Waals surface area contributed by atoms with Crippen LogP contribution >= 0.6 is 0 Å². The van der Waals surface area contributed by atoms with Gasteiger partial charge in [-0.15, -0.1) is 0 Å². The molecule has 2 nitrogen and oxygen atoms in total. The predicted molar refractivity (Wildman–Crippen MR) is 74.3 cm³/mol. The second kappa shape index (κ2) is 5.59. The zero-order chi connectivity index (χ0) is 13.9. The molecule has 0 saturated carbocycles. The van der Waals surface area contributed by atoms with Gasteiger partial charge in [0.2, 0.25) is 0 Å². The van der Waals surface area contributed by atoms with Crippen molar-refractivity contribution in [1.29, 1.82) is 0 Å². The van der Waals surface area contributed by atoms with Crippen LogP contribution < -0.4 is 5.73 Å². The Labute approximate surface area is 115 Å². The van der Waals surface area contributed by atoms with Crippen LogP contribution in [0.25, 0.3) is 0 Å². The Morgan fingerprint density at radius 3 is 2.58 bits per heavy atom. The molecule has 0 unspecified atom stereocenters. The molecule has 0 aliphatic carbocycles. The Morgan fingerprint density at radius 1 is 1.32 bits per heavy atom. The molecule has 2 atom stereocenters. The number of hydrogen-bond acceptors (Lipinski definition) is 1. The minimum absolute atomic E-state index is 0.0677. The van der Waals surface area contributed by atoms with Crippen LogP contribution in [0.3, 0.4) is 0 Å². The molecule has 1 aromatic carbocycles. The minimum Gasteiger partial charge on any atom is -0.375 e. The fourth-order valence-corrected chi connectivity index (χ4v) is 3.32. The number of quaternary nitrogens is 1. The SMILES string of the molecule is CC[C@@]1(C)C[C@](CC[NH3+])(c2ccc(F)cc2)CCO1. The lowest BCUT2D eigenvalue weighted by Gasteiger charge is -2.46. The van der Waals surface area contributed by atoms with Crippen LogP contribution in [0, 0.1) is 5.82 Å². The van der Waals surface area contributed by atoms with Crippen molar-refractivity contribution >= 4 is 0 Å². The van der Waals surface area contributed by atoms with E-state index in [1.54, 1.807) is 12.1 Å². The molecule has 0 spiro atoms. The van der Waals surface area contributed by atoms with Crippen molar-refractivity contribution in [3.63, 3.8) is 0 Å². The molecule has 3 N–H and O–H groups in total. The maximum atomic E-state index is 13.1. The summed E-state index contributed by atoms with van der Waals surface area (Å²) in [6, 6.07) is 7.01. The van der Waals surface area contributed by atoms with Crippen molar-refractivity contribution in [3.8, 4) is 0 Å². The first-order valence-electron chi connectivity index (χ1n) is 7.23. The molecule has 0 bridgehead atoms. The molecular weight excluding hydrogens is 241 g/mol. The number of ether oxygens (including phenoxy) is 1. The Morgan fingerprint density at radius 2 is 2.00 bits per heavy atom. The molecular formula is C16H25FNO+. The molecule has 0 amide bonds. The zero-order valence-corrected chi connectivity index (χ0v) is 12.0. The lowest BCUT2D eigenvalue weighted by molar-refractivity contribution is -0.372. The summed E-state index contributed by atoms with van der Waals surface area (Å²) in [5.41, 5.74) is 5.29. The van der Waals surface area contributed by atoms with Gasteiger partial charge < -0.3 is 10.5 Å². The van der Waals surface area contributed by atoms with Crippen LogP contribution in [0.5, 0.6) is 0 Å². The third-order valence-corrected chi connectivity index (χ3v) is 4.60. The third-order valence-electron chi connectivity index (χ3n) is 4.60. The quantitative estimate of drug-likeness (QED) is 0.893. The molecule has 2 rings (SSSR count). The first-order chi connectivity index (χ1) is 9.03. The highest BCUT2D eigenvalue weighted by Gasteiger charge is 2.43. The van der Waals surface area contributed by atoms with Crippen molar-refractivity contribution in [2.24, 2.45) is 0 Å². The predicted octanol–water partition coefficient (Wildman–Crippen LogP) is 2.67. The highest BCUT2D eigenvalue weighted by molar-refractivity contribution is 5.27.